The van der Waals surface area contributed by atoms with E-state index in [0.717, 1.165) is 11.1 Å². The lowest BCUT2D eigenvalue weighted by Crippen LogP contribution is -2.39. The SMILES string of the molecule is COc1ccc(NC(=O)CCN2C(=O)[C@@H]3Cc4ccccc4CN3C2=O)cc1. The Morgan fingerprint density at radius 1 is 1.11 bits per heavy atom. The molecule has 1 N–H and O–H groups in total. The van der Waals surface area contributed by atoms with Gasteiger partial charge in [-0.2, -0.15) is 0 Å². The summed E-state index contributed by atoms with van der Waals surface area (Å²) in [7, 11) is 1.57. The normalized spacial score (nSPS) is 18.0. The van der Waals surface area contributed by atoms with Gasteiger partial charge in [0.2, 0.25) is 5.91 Å². The number of rotatable bonds is 5. The Labute approximate surface area is 162 Å². The minimum atomic E-state index is -0.466. The molecule has 0 saturated carbocycles. The average Bonchev–Trinajstić information content (AvgIpc) is 2.95. The molecular weight excluding hydrogens is 358 g/mol. The molecule has 0 radical (unpaired) electrons. The molecule has 1 atom stereocenters. The maximum absolute atomic E-state index is 12.7. The number of nitrogens with zero attached hydrogens (tertiary/aromatic N) is 2. The third-order valence-corrected chi connectivity index (χ3v) is 5.21. The number of carbonyl (C=O) groups is 3. The van der Waals surface area contributed by atoms with Crippen molar-refractivity contribution in [3.8, 4) is 5.75 Å². The smallest absolute Gasteiger partial charge is 0.327 e. The van der Waals surface area contributed by atoms with Gasteiger partial charge in [-0.25, -0.2) is 4.79 Å². The standard InChI is InChI=1S/C21H21N3O4/c1-28-17-8-6-16(7-9-17)22-19(25)10-11-23-20(26)18-12-14-4-2-3-5-15(14)13-24(18)21(23)27/h2-9,18H,10-13H2,1H3,(H,22,25)/t18-/m0/s1. The molecule has 0 bridgehead atoms. The second-order valence-corrected chi connectivity index (χ2v) is 6.92. The number of ether oxygens (including phenoxy) is 1. The Morgan fingerprint density at radius 3 is 2.54 bits per heavy atom. The Balaban J connectivity index is 1.37. The highest BCUT2D eigenvalue weighted by Gasteiger charge is 2.46. The van der Waals surface area contributed by atoms with Crippen LogP contribution in [0.4, 0.5) is 10.5 Å². The van der Waals surface area contributed by atoms with Gasteiger partial charge in [0, 0.05) is 31.6 Å². The van der Waals surface area contributed by atoms with Crippen LogP contribution in [0, 0.1) is 0 Å². The van der Waals surface area contributed by atoms with E-state index in [1.165, 1.54) is 4.90 Å². The molecule has 1 saturated heterocycles. The van der Waals surface area contributed by atoms with Crippen molar-refractivity contribution in [1.82, 2.24) is 9.80 Å². The van der Waals surface area contributed by atoms with Crippen molar-refractivity contribution < 1.29 is 19.1 Å². The molecule has 0 aliphatic carbocycles. The summed E-state index contributed by atoms with van der Waals surface area (Å²) in [5, 5.41) is 2.77. The molecule has 2 heterocycles. The number of anilines is 1. The molecule has 2 aliphatic rings. The molecule has 2 aromatic rings. The van der Waals surface area contributed by atoms with E-state index in [4.69, 9.17) is 4.74 Å². The van der Waals surface area contributed by atoms with Gasteiger partial charge in [-0.05, 0) is 35.4 Å². The van der Waals surface area contributed by atoms with Gasteiger partial charge in [0.25, 0.3) is 5.91 Å². The quantitative estimate of drug-likeness (QED) is 0.810. The van der Waals surface area contributed by atoms with Crippen LogP contribution in [0.2, 0.25) is 0 Å². The molecule has 0 unspecified atom stereocenters. The lowest BCUT2D eigenvalue weighted by molar-refractivity contribution is -0.128. The molecule has 4 rings (SSSR count). The predicted molar refractivity (Wildman–Crippen MR) is 103 cm³/mol. The van der Waals surface area contributed by atoms with Crippen LogP contribution in [-0.2, 0) is 22.6 Å². The summed E-state index contributed by atoms with van der Waals surface area (Å²) < 4.78 is 5.08. The van der Waals surface area contributed by atoms with Gasteiger partial charge in [0.1, 0.15) is 11.8 Å². The van der Waals surface area contributed by atoms with Crippen LogP contribution >= 0.6 is 0 Å². The molecule has 0 aromatic heterocycles. The Kier molecular flexibility index (Phi) is 4.73. The van der Waals surface area contributed by atoms with Crippen molar-refractivity contribution in [3.05, 3.63) is 59.7 Å². The number of nitrogens with one attached hydrogen (secondary N) is 1. The fraction of sp³-hybridized carbons (Fsp3) is 0.286. The van der Waals surface area contributed by atoms with Gasteiger partial charge in [-0.15, -0.1) is 0 Å². The molecule has 2 aromatic carbocycles. The lowest BCUT2D eigenvalue weighted by Gasteiger charge is -2.28. The van der Waals surface area contributed by atoms with E-state index in [2.05, 4.69) is 5.32 Å². The van der Waals surface area contributed by atoms with Gasteiger partial charge >= 0.3 is 6.03 Å². The Hall–Kier alpha value is -3.35. The molecule has 28 heavy (non-hydrogen) atoms. The summed E-state index contributed by atoms with van der Waals surface area (Å²) >= 11 is 0. The second-order valence-electron chi connectivity index (χ2n) is 6.92. The molecule has 2 aliphatic heterocycles. The minimum Gasteiger partial charge on any atom is -0.497 e. The van der Waals surface area contributed by atoms with Crippen molar-refractivity contribution in [1.29, 1.82) is 0 Å². The zero-order valence-corrected chi connectivity index (χ0v) is 15.6. The summed E-state index contributed by atoms with van der Waals surface area (Å²) in [5.41, 5.74) is 2.81. The molecule has 7 nitrogen and oxygen atoms in total. The molecule has 1 fully saturated rings. The molecular formula is C21H21N3O4. The fourth-order valence-corrected chi connectivity index (χ4v) is 3.69. The zero-order valence-electron chi connectivity index (χ0n) is 15.6. The number of fused-ring (bicyclic) bond motifs is 2. The van der Waals surface area contributed by atoms with E-state index in [-0.39, 0.29) is 30.8 Å². The van der Waals surface area contributed by atoms with E-state index in [9.17, 15) is 14.4 Å². The summed E-state index contributed by atoms with van der Waals surface area (Å²) in [6.07, 6.45) is 0.576. The molecule has 0 spiro atoms. The summed E-state index contributed by atoms with van der Waals surface area (Å²) in [6.45, 7) is 0.503. The highest BCUT2D eigenvalue weighted by Crippen LogP contribution is 2.30. The van der Waals surface area contributed by atoms with E-state index in [0.29, 0.717) is 24.4 Å². The summed E-state index contributed by atoms with van der Waals surface area (Å²) in [6, 6.07) is 14.0. The maximum Gasteiger partial charge on any atom is 0.327 e. The number of benzene rings is 2. The van der Waals surface area contributed by atoms with Gasteiger partial charge < -0.3 is 15.0 Å². The Bertz CT molecular complexity index is 883. The number of amides is 4. The first-order valence-corrected chi connectivity index (χ1v) is 9.19. The highest BCUT2D eigenvalue weighted by molar-refractivity contribution is 6.05. The van der Waals surface area contributed by atoms with E-state index in [1.807, 2.05) is 24.3 Å². The van der Waals surface area contributed by atoms with E-state index in [1.54, 1.807) is 36.3 Å². The van der Waals surface area contributed by atoms with Gasteiger partial charge in [-0.1, -0.05) is 24.3 Å². The zero-order chi connectivity index (χ0) is 19.7. The van der Waals surface area contributed by atoms with Crippen LogP contribution in [0.3, 0.4) is 0 Å². The first-order chi connectivity index (χ1) is 13.6. The van der Waals surface area contributed by atoms with Gasteiger partial charge in [0.15, 0.2) is 0 Å². The average molecular weight is 379 g/mol. The largest absolute Gasteiger partial charge is 0.497 e. The van der Waals surface area contributed by atoms with Crippen LogP contribution in [0.25, 0.3) is 0 Å². The van der Waals surface area contributed by atoms with Crippen molar-refractivity contribution >= 4 is 23.5 Å². The second kappa shape index (κ2) is 7.34. The number of imide groups is 1. The molecule has 4 amide bonds. The number of methoxy groups -OCH3 is 1. The first-order valence-electron chi connectivity index (χ1n) is 9.19. The minimum absolute atomic E-state index is 0.0526. The maximum atomic E-state index is 12.7. The van der Waals surface area contributed by atoms with Crippen molar-refractivity contribution in [2.75, 3.05) is 19.0 Å². The van der Waals surface area contributed by atoms with Gasteiger partial charge in [-0.3, -0.25) is 14.5 Å². The third-order valence-electron chi connectivity index (χ3n) is 5.21. The summed E-state index contributed by atoms with van der Waals surface area (Å²) in [5.74, 6) is 0.222. The summed E-state index contributed by atoms with van der Waals surface area (Å²) in [4.78, 5) is 40.4. The third kappa shape index (κ3) is 3.31. The number of hydrogen-bond donors (Lipinski definition) is 1. The Morgan fingerprint density at radius 2 is 1.82 bits per heavy atom. The molecule has 144 valence electrons. The van der Waals surface area contributed by atoms with E-state index >= 15 is 0 Å². The van der Waals surface area contributed by atoms with E-state index < -0.39 is 6.04 Å². The number of hydrogen-bond acceptors (Lipinski definition) is 4. The lowest BCUT2D eigenvalue weighted by atomic mass is 9.95. The van der Waals surface area contributed by atoms with Crippen LogP contribution in [0.15, 0.2) is 48.5 Å². The van der Waals surface area contributed by atoms with Crippen LogP contribution in [0.5, 0.6) is 5.75 Å². The van der Waals surface area contributed by atoms with Crippen LogP contribution in [-0.4, -0.2) is 47.3 Å². The number of urea groups is 1. The van der Waals surface area contributed by atoms with Crippen LogP contribution < -0.4 is 10.1 Å². The van der Waals surface area contributed by atoms with Gasteiger partial charge in [0.05, 0.1) is 7.11 Å². The van der Waals surface area contributed by atoms with Crippen LogP contribution in [0.1, 0.15) is 17.5 Å². The fourth-order valence-electron chi connectivity index (χ4n) is 3.69. The van der Waals surface area contributed by atoms with Crippen molar-refractivity contribution in [2.45, 2.75) is 25.4 Å². The number of carbonyl (C=O) groups excluding carboxylic acids is 3. The topological polar surface area (TPSA) is 79.0 Å². The van der Waals surface area contributed by atoms with Crippen molar-refractivity contribution in [3.63, 3.8) is 0 Å². The first kappa shape index (κ1) is 18.0. The monoisotopic (exact) mass is 379 g/mol. The highest BCUT2D eigenvalue weighted by atomic mass is 16.5. The predicted octanol–water partition coefficient (Wildman–Crippen LogP) is 2.41. The molecule has 7 heteroatoms. The van der Waals surface area contributed by atoms with Crippen molar-refractivity contribution in [2.24, 2.45) is 0 Å².